The average molecular weight is 516 g/mol. The van der Waals surface area contributed by atoms with Crippen LogP contribution < -0.4 is 15.5 Å². The SMILES string of the molecule is O=C(CNC(=O)c1cccc2ccccc12)NN=Cc1ccccc1OCc1ccc(Br)cc1. The maximum Gasteiger partial charge on any atom is 0.259 e. The molecular formula is C27H22BrN3O3. The number of carbonyl (C=O) groups excluding carboxylic acids is 2. The van der Waals surface area contributed by atoms with E-state index in [1.165, 1.54) is 6.21 Å². The van der Waals surface area contributed by atoms with Crippen LogP contribution >= 0.6 is 15.9 Å². The van der Waals surface area contributed by atoms with Crippen LogP contribution in [0.25, 0.3) is 10.8 Å². The molecule has 0 heterocycles. The van der Waals surface area contributed by atoms with Crippen molar-refractivity contribution in [2.24, 2.45) is 5.10 Å². The van der Waals surface area contributed by atoms with Gasteiger partial charge in [0.25, 0.3) is 11.8 Å². The summed E-state index contributed by atoms with van der Waals surface area (Å²) in [5.41, 5.74) is 4.71. The molecule has 0 bridgehead atoms. The molecule has 0 saturated carbocycles. The van der Waals surface area contributed by atoms with Gasteiger partial charge in [-0.3, -0.25) is 9.59 Å². The third-order valence-corrected chi connectivity index (χ3v) is 5.59. The summed E-state index contributed by atoms with van der Waals surface area (Å²) >= 11 is 3.42. The second-order valence-electron chi connectivity index (χ2n) is 7.46. The molecule has 0 fully saturated rings. The van der Waals surface area contributed by atoms with Crippen molar-refractivity contribution in [3.63, 3.8) is 0 Å². The number of nitrogens with zero attached hydrogens (tertiary/aromatic N) is 1. The predicted molar refractivity (Wildman–Crippen MR) is 137 cm³/mol. The topological polar surface area (TPSA) is 79.8 Å². The van der Waals surface area contributed by atoms with Crippen LogP contribution in [0.15, 0.2) is 101 Å². The van der Waals surface area contributed by atoms with Crippen LogP contribution in [0.2, 0.25) is 0 Å². The van der Waals surface area contributed by atoms with Gasteiger partial charge in [-0.25, -0.2) is 5.43 Å². The average Bonchev–Trinajstić information content (AvgIpc) is 2.87. The lowest BCUT2D eigenvalue weighted by Gasteiger charge is -2.09. The number of hydrogen-bond acceptors (Lipinski definition) is 4. The first-order valence-corrected chi connectivity index (χ1v) is 11.4. The quantitative estimate of drug-likeness (QED) is 0.254. The molecule has 4 aromatic rings. The van der Waals surface area contributed by atoms with E-state index in [9.17, 15) is 9.59 Å². The lowest BCUT2D eigenvalue weighted by Crippen LogP contribution is -2.35. The Bertz CT molecular complexity index is 1330. The van der Waals surface area contributed by atoms with Gasteiger partial charge in [0.2, 0.25) is 0 Å². The van der Waals surface area contributed by atoms with E-state index in [2.05, 4.69) is 31.8 Å². The van der Waals surface area contributed by atoms with Crippen molar-refractivity contribution in [3.05, 3.63) is 112 Å². The molecule has 0 radical (unpaired) electrons. The smallest absolute Gasteiger partial charge is 0.259 e. The lowest BCUT2D eigenvalue weighted by molar-refractivity contribution is -0.120. The second-order valence-corrected chi connectivity index (χ2v) is 8.37. The number of nitrogens with one attached hydrogen (secondary N) is 2. The van der Waals surface area contributed by atoms with E-state index < -0.39 is 5.91 Å². The van der Waals surface area contributed by atoms with E-state index in [1.54, 1.807) is 6.07 Å². The fourth-order valence-electron chi connectivity index (χ4n) is 3.35. The molecule has 0 saturated heterocycles. The van der Waals surface area contributed by atoms with Gasteiger partial charge < -0.3 is 10.1 Å². The van der Waals surface area contributed by atoms with Crippen LogP contribution in [0.3, 0.4) is 0 Å². The maximum absolute atomic E-state index is 12.6. The molecule has 0 aliphatic carbocycles. The Morgan fingerprint density at radius 3 is 2.47 bits per heavy atom. The summed E-state index contributed by atoms with van der Waals surface area (Å²) in [6.45, 7) is 0.214. The molecule has 170 valence electrons. The van der Waals surface area contributed by atoms with E-state index in [4.69, 9.17) is 4.74 Å². The number of hydrazone groups is 1. The van der Waals surface area contributed by atoms with Crippen molar-refractivity contribution in [1.29, 1.82) is 0 Å². The standard InChI is InChI=1S/C27H22BrN3O3/c28-22-14-12-19(13-15-22)18-34-25-11-4-2-7-21(25)16-30-31-26(32)17-29-27(33)24-10-5-8-20-6-1-3-9-23(20)24/h1-16H,17-18H2,(H,29,33)(H,31,32). The summed E-state index contributed by atoms with van der Waals surface area (Å²) < 4.78 is 6.91. The number of ether oxygens (including phenoxy) is 1. The van der Waals surface area contributed by atoms with Crippen LogP contribution in [-0.4, -0.2) is 24.6 Å². The Balaban J connectivity index is 1.31. The summed E-state index contributed by atoms with van der Waals surface area (Å²) in [5, 5.41) is 8.44. The number of hydrogen-bond donors (Lipinski definition) is 2. The largest absolute Gasteiger partial charge is 0.488 e. The number of amides is 2. The van der Waals surface area contributed by atoms with Gasteiger partial charge in [0.1, 0.15) is 12.4 Å². The Kier molecular flexibility index (Phi) is 7.67. The van der Waals surface area contributed by atoms with Crippen molar-refractivity contribution in [3.8, 4) is 5.75 Å². The number of para-hydroxylation sites is 1. The second kappa shape index (κ2) is 11.2. The molecule has 0 spiro atoms. The number of fused-ring (bicyclic) bond motifs is 1. The Morgan fingerprint density at radius 2 is 1.62 bits per heavy atom. The maximum atomic E-state index is 12.6. The highest BCUT2D eigenvalue weighted by molar-refractivity contribution is 9.10. The molecule has 4 aromatic carbocycles. The highest BCUT2D eigenvalue weighted by Crippen LogP contribution is 2.19. The number of halogens is 1. The van der Waals surface area contributed by atoms with Crippen molar-refractivity contribution in [2.45, 2.75) is 6.61 Å². The zero-order chi connectivity index (χ0) is 23.8. The summed E-state index contributed by atoms with van der Waals surface area (Å²) in [6.07, 6.45) is 1.52. The third-order valence-electron chi connectivity index (χ3n) is 5.06. The van der Waals surface area contributed by atoms with Gasteiger partial charge in [-0.1, -0.05) is 76.6 Å². The Labute approximate surface area is 205 Å². The minimum atomic E-state index is -0.432. The first-order chi connectivity index (χ1) is 16.6. The fraction of sp³-hybridized carbons (Fsp3) is 0.0741. The normalized spacial score (nSPS) is 10.9. The third kappa shape index (κ3) is 6.08. The van der Waals surface area contributed by atoms with Gasteiger partial charge in [-0.05, 0) is 46.7 Å². The molecule has 0 aliphatic rings. The van der Waals surface area contributed by atoms with Gasteiger partial charge in [-0.15, -0.1) is 0 Å². The highest BCUT2D eigenvalue weighted by Gasteiger charge is 2.11. The first-order valence-electron chi connectivity index (χ1n) is 10.6. The van der Waals surface area contributed by atoms with Crippen LogP contribution in [0.4, 0.5) is 0 Å². The highest BCUT2D eigenvalue weighted by atomic mass is 79.9. The Hall–Kier alpha value is -3.97. The molecule has 6 nitrogen and oxygen atoms in total. The van der Waals surface area contributed by atoms with Crippen molar-refractivity contribution in [2.75, 3.05) is 6.54 Å². The summed E-state index contributed by atoms with van der Waals surface area (Å²) in [7, 11) is 0. The minimum absolute atomic E-state index is 0.193. The van der Waals surface area contributed by atoms with Crippen LogP contribution in [0.1, 0.15) is 21.5 Å². The molecule has 7 heteroatoms. The first kappa shape index (κ1) is 23.2. The predicted octanol–water partition coefficient (Wildman–Crippen LogP) is 5.06. The molecule has 34 heavy (non-hydrogen) atoms. The molecule has 4 rings (SSSR count). The monoisotopic (exact) mass is 515 g/mol. The van der Waals surface area contributed by atoms with Gasteiger partial charge in [0.15, 0.2) is 0 Å². The van der Waals surface area contributed by atoms with Crippen molar-refractivity contribution < 1.29 is 14.3 Å². The fourth-order valence-corrected chi connectivity index (χ4v) is 3.62. The molecular weight excluding hydrogens is 494 g/mol. The summed E-state index contributed by atoms with van der Waals surface area (Å²) in [5.74, 6) is -0.103. The van der Waals surface area contributed by atoms with Crippen LogP contribution in [0.5, 0.6) is 5.75 Å². The number of benzene rings is 4. The minimum Gasteiger partial charge on any atom is -0.488 e. The molecule has 2 N–H and O–H groups in total. The molecule has 0 atom stereocenters. The Morgan fingerprint density at radius 1 is 0.882 bits per heavy atom. The molecule has 0 aromatic heterocycles. The van der Waals surface area contributed by atoms with E-state index in [1.807, 2.05) is 84.9 Å². The zero-order valence-electron chi connectivity index (χ0n) is 18.2. The summed E-state index contributed by atoms with van der Waals surface area (Å²) in [6, 6.07) is 28.4. The van der Waals surface area contributed by atoms with Crippen LogP contribution in [-0.2, 0) is 11.4 Å². The van der Waals surface area contributed by atoms with Crippen molar-refractivity contribution in [1.82, 2.24) is 10.7 Å². The van der Waals surface area contributed by atoms with E-state index in [0.29, 0.717) is 17.9 Å². The molecule has 0 aliphatic heterocycles. The van der Waals surface area contributed by atoms with E-state index >= 15 is 0 Å². The van der Waals surface area contributed by atoms with Crippen LogP contribution in [0, 0.1) is 0 Å². The molecule has 2 amide bonds. The molecule has 0 unspecified atom stereocenters. The van der Waals surface area contributed by atoms with E-state index in [0.717, 1.165) is 26.4 Å². The number of rotatable bonds is 8. The van der Waals surface area contributed by atoms with E-state index in [-0.39, 0.29) is 12.5 Å². The van der Waals surface area contributed by atoms with Crippen molar-refractivity contribution >= 4 is 44.7 Å². The lowest BCUT2D eigenvalue weighted by atomic mass is 10.0. The van der Waals surface area contributed by atoms with Gasteiger partial charge in [-0.2, -0.15) is 5.10 Å². The zero-order valence-corrected chi connectivity index (χ0v) is 19.8. The van der Waals surface area contributed by atoms with Gasteiger partial charge in [0, 0.05) is 15.6 Å². The summed E-state index contributed by atoms with van der Waals surface area (Å²) in [4.78, 5) is 24.7. The number of carbonyl (C=O) groups is 2. The van der Waals surface area contributed by atoms with Gasteiger partial charge >= 0.3 is 0 Å². The van der Waals surface area contributed by atoms with Gasteiger partial charge in [0.05, 0.1) is 12.8 Å².